The van der Waals surface area contributed by atoms with E-state index in [9.17, 15) is 29.4 Å². The van der Waals surface area contributed by atoms with Crippen LogP contribution in [-0.2, 0) is 18.6 Å². The van der Waals surface area contributed by atoms with Crippen molar-refractivity contribution in [2.24, 2.45) is 11.8 Å². The second-order valence-electron chi connectivity index (χ2n) is 7.99. The van der Waals surface area contributed by atoms with Crippen molar-refractivity contribution in [1.29, 1.82) is 0 Å². The molecule has 1 rings (SSSR count). The van der Waals surface area contributed by atoms with Crippen molar-refractivity contribution in [3.63, 3.8) is 0 Å². The minimum atomic E-state index is -4.78. The van der Waals surface area contributed by atoms with Gasteiger partial charge in [0.1, 0.15) is 6.10 Å². The van der Waals surface area contributed by atoms with Crippen LogP contribution in [0.4, 0.5) is 0 Å². The lowest BCUT2D eigenvalue weighted by molar-refractivity contribution is -0.159. The highest BCUT2D eigenvalue weighted by molar-refractivity contribution is 7.46. The van der Waals surface area contributed by atoms with Crippen LogP contribution in [0.1, 0.15) is 52.9 Å². The first kappa shape index (κ1) is 26.8. The summed E-state index contributed by atoms with van der Waals surface area (Å²) >= 11 is 0. The number of aliphatic hydroxyl groups is 2. The van der Waals surface area contributed by atoms with Crippen LogP contribution in [-0.4, -0.2) is 50.4 Å². The summed E-state index contributed by atoms with van der Waals surface area (Å²) in [4.78, 5) is 29.8. The Kier molecular flexibility index (Phi) is 11.8. The minimum Gasteiger partial charge on any atom is -0.455 e. The SMILES string of the molecule is CC(C)CCC=CC=CC(O)C(C)C(CC=CC1OC(=O)CCC1O)OP(=O)(O)O. The van der Waals surface area contributed by atoms with Gasteiger partial charge in [-0.25, -0.2) is 4.57 Å². The third-order valence-electron chi connectivity index (χ3n) is 4.85. The van der Waals surface area contributed by atoms with E-state index in [0.717, 1.165) is 12.8 Å². The van der Waals surface area contributed by atoms with Crippen LogP contribution in [0.25, 0.3) is 0 Å². The monoisotopic (exact) mass is 446 g/mol. The van der Waals surface area contributed by atoms with Gasteiger partial charge in [-0.2, -0.15) is 0 Å². The summed E-state index contributed by atoms with van der Waals surface area (Å²) in [5.41, 5.74) is 0. The smallest absolute Gasteiger partial charge is 0.455 e. The highest BCUT2D eigenvalue weighted by Crippen LogP contribution is 2.40. The molecule has 0 aromatic carbocycles. The Hall–Kier alpha value is -1.28. The van der Waals surface area contributed by atoms with Crippen molar-refractivity contribution in [3.8, 4) is 0 Å². The molecule has 30 heavy (non-hydrogen) atoms. The zero-order valence-corrected chi connectivity index (χ0v) is 18.7. The zero-order valence-electron chi connectivity index (χ0n) is 17.8. The van der Waals surface area contributed by atoms with E-state index in [4.69, 9.17) is 9.26 Å². The van der Waals surface area contributed by atoms with Crippen molar-refractivity contribution in [3.05, 3.63) is 36.5 Å². The van der Waals surface area contributed by atoms with E-state index in [0.29, 0.717) is 12.3 Å². The highest BCUT2D eigenvalue weighted by Gasteiger charge is 2.30. The van der Waals surface area contributed by atoms with E-state index >= 15 is 0 Å². The summed E-state index contributed by atoms with van der Waals surface area (Å²) in [5, 5.41) is 20.3. The molecule has 0 amide bonds. The van der Waals surface area contributed by atoms with Gasteiger partial charge in [-0.15, -0.1) is 0 Å². The van der Waals surface area contributed by atoms with Gasteiger partial charge in [-0.1, -0.05) is 51.2 Å². The van der Waals surface area contributed by atoms with Crippen LogP contribution in [0.2, 0.25) is 0 Å². The van der Waals surface area contributed by atoms with Gasteiger partial charge in [-0.3, -0.25) is 9.32 Å². The van der Waals surface area contributed by atoms with E-state index in [1.807, 2.05) is 12.2 Å². The van der Waals surface area contributed by atoms with Gasteiger partial charge in [0.2, 0.25) is 0 Å². The summed E-state index contributed by atoms with van der Waals surface area (Å²) in [7, 11) is -4.78. The number of phosphoric ester groups is 1. The fourth-order valence-electron chi connectivity index (χ4n) is 2.94. The van der Waals surface area contributed by atoms with Gasteiger partial charge < -0.3 is 24.7 Å². The number of ether oxygens (including phenoxy) is 1. The molecule has 1 aliphatic rings. The summed E-state index contributed by atoms with van der Waals surface area (Å²) in [6, 6.07) is 0. The molecule has 0 aliphatic carbocycles. The van der Waals surface area contributed by atoms with Crippen LogP contribution < -0.4 is 0 Å². The Morgan fingerprint density at radius 1 is 1.23 bits per heavy atom. The first-order valence-electron chi connectivity index (χ1n) is 10.3. The molecule has 5 atom stereocenters. The van der Waals surface area contributed by atoms with Gasteiger partial charge in [0.15, 0.2) is 0 Å². The lowest BCUT2D eigenvalue weighted by atomic mass is 9.94. The fraction of sp³-hybridized carbons (Fsp3) is 0.667. The molecule has 1 heterocycles. The summed E-state index contributed by atoms with van der Waals surface area (Å²) < 4.78 is 21.3. The quantitative estimate of drug-likeness (QED) is 0.156. The van der Waals surface area contributed by atoms with E-state index in [1.54, 1.807) is 19.1 Å². The number of cyclic esters (lactones) is 1. The number of rotatable bonds is 12. The summed E-state index contributed by atoms with van der Waals surface area (Å²) in [6.07, 6.45) is 8.98. The molecule has 0 aromatic rings. The maximum absolute atomic E-state index is 11.4. The second kappa shape index (κ2) is 13.2. The molecule has 0 spiro atoms. The number of phosphoric acid groups is 1. The predicted octanol–water partition coefficient (Wildman–Crippen LogP) is 3.02. The molecular formula is C21H35O8P. The van der Waals surface area contributed by atoms with Crippen LogP contribution in [0.3, 0.4) is 0 Å². The van der Waals surface area contributed by atoms with Gasteiger partial charge in [0, 0.05) is 12.3 Å². The Bertz CT molecular complexity index is 651. The largest absolute Gasteiger partial charge is 0.469 e. The molecular weight excluding hydrogens is 411 g/mol. The molecule has 0 aromatic heterocycles. The van der Waals surface area contributed by atoms with E-state index in [-0.39, 0.29) is 12.8 Å². The highest BCUT2D eigenvalue weighted by atomic mass is 31.2. The molecule has 9 heteroatoms. The average molecular weight is 446 g/mol. The number of esters is 1. The van der Waals surface area contributed by atoms with Crippen LogP contribution in [0, 0.1) is 11.8 Å². The molecule has 0 radical (unpaired) electrons. The minimum absolute atomic E-state index is 0.0577. The van der Waals surface area contributed by atoms with E-state index in [2.05, 4.69) is 13.8 Å². The topological polar surface area (TPSA) is 134 Å². The summed E-state index contributed by atoms with van der Waals surface area (Å²) in [6.45, 7) is 5.91. The first-order chi connectivity index (χ1) is 14.0. The van der Waals surface area contributed by atoms with Crippen molar-refractivity contribution in [2.75, 3.05) is 0 Å². The predicted molar refractivity (Wildman–Crippen MR) is 113 cm³/mol. The molecule has 1 saturated heterocycles. The number of hydrogen-bond acceptors (Lipinski definition) is 6. The Balaban J connectivity index is 2.70. The Morgan fingerprint density at radius 3 is 2.57 bits per heavy atom. The molecule has 172 valence electrons. The van der Waals surface area contributed by atoms with Crippen LogP contribution in [0.15, 0.2) is 36.5 Å². The molecule has 0 bridgehead atoms. The number of allylic oxidation sites excluding steroid dienone is 3. The van der Waals surface area contributed by atoms with Gasteiger partial charge in [0.05, 0.1) is 18.3 Å². The average Bonchev–Trinajstić information content (AvgIpc) is 2.64. The third-order valence-corrected chi connectivity index (χ3v) is 5.39. The molecule has 8 nitrogen and oxygen atoms in total. The lowest BCUT2D eigenvalue weighted by Crippen LogP contribution is -2.35. The maximum Gasteiger partial charge on any atom is 0.469 e. The van der Waals surface area contributed by atoms with Gasteiger partial charge in [-0.05, 0) is 37.7 Å². The number of aliphatic hydroxyl groups excluding tert-OH is 2. The molecule has 0 saturated carbocycles. The van der Waals surface area contributed by atoms with Crippen molar-refractivity contribution in [1.82, 2.24) is 0 Å². The van der Waals surface area contributed by atoms with E-state index in [1.165, 1.54) is 12.2 Å². The van der Waals surface area contributed by atoms with E-state index < -0.39 is 44.1 Å². The number of hydrogen-bond donors (Lipinski definition) is 4. The standard InChI is InChI=1S/C21H35O8P/c1-15(2)9-6-4-5-7-10-17(22)16(3)19(29-30(25,26)27)11-8-12-20-18(23)13-14-21(24)28-20/h4-5,7-8,10,12,15-20,22-23H,6,9,11,13-14H2,1-3H3,(H2,25,26,27). The second-order valence-corrected chi connectivity index (χ2v) is 9.18. The first-order valence-corrected chi connectivity index (χ1v) is 11.8. The van der Waals surface area contributed by atoms with Crippen LogP contribution >= 0.6 is 7.82 Å². The molecule has 4 N–H and O–H groups in total. The molecule has 5 unspecified atom stereocenters. The fourth-order valence-corrected chi connectivity index (χ4v) is 3.57. The van der Waals surface area contributed by atoms with Gasteiger partial charge in [0.25, 0.3) is 0 Å². The molecule has 1 aliphatic heterocycles. The summed E-state index contributed by atoms with van der Waals surface area (Å²) in [5.74, 6) is -0.420. The van der Waals surface area contributed by atoms with Crippen LogP contribution in [0.5, 0.6) is 0 Å². The Labute approximate surface area is 178 Å². The lowest BCUT2D eigenvalue weighted by Gasteiger charge is -2.27. The zero-order chi connectivity index (χ0) is 22.7. The normalized spacial score (nSPS) is 24.1. The van der Waals surface area contributed by atoms with Crippen molar-refractivity contribution in [2.45, 2.75) is 77.3 Å². The maximum atomic E-state index is 11.4. The molecule has 1 fully saturated rings. The third kappa shape index (κ3) is 11.2. The van der Waals surface area contributed by atoms with Crippen molar-refractivity contribution >= 4 is 13.8 Å². The number of carbonyl (C=O) groups excluding carboxylic acids is 1. The Morgan fingerprint density at radius 2 is 1.93 bits per heavy atom. The van der Waals surface area contributed by atoms with Gasteiger partial charge >= 0.3 is 13.8 Å². The number of carbonyl (C=O) groups is 1. The van der Waals surface area contributed by atoms with Crippen molar-refractivity contribution < 1.29 is 38.6 Å².